The number of urea groups is 1. The third-order valence-electron chi connectivity index (χ3n) is 6.88. The largest absolute Gasteiger partial charge is 0.497 e. The van der Waals surface area contributed by atoms with Crippen molar-refractivity contribution in [2.75, 3.05) is 69.0 Å². The van der Waals surface area contributed by atoms with Gasteiger partial charge in [0, 0.05) is 55.3 Å². The van der Waals surface area contributed by atoms with E-state index in [4.69, 9.17) is 9.47 Å². The predicted molar refractivity (Wildman–Crippen MR) is 160 cm³/mol. The molecule has 216 valence electrons. The van der Waals surface area contributed by atoms with E-state index in [1.807, 2.05) is 55.5 Å². The van der Waals surface area contributed by atoms with Gasteiger partial charge < -0.3 is 34.8 Å². The van der Waals surface area contributed by atoms with Crippen LogP contribution in [0.4, 0.5) is 21.9 Å². The summed E-state index contributed by atoms with van der Waals surface area (Å²) in [6.07, 6.45) is 0.736. The number of hydrogen-bond donors (Lipinski definition) is 2. The molecular weight excluding hydrogens is 522 g/mol. The molecule has 0 aliphatic carbocycles. The van der Waals surface area contributed by atoms with Gasteiger partial charge in [-0.15, -0.1) is 0 Å². The summed E-state index contributed by atoms with van der Waals surface area (Å²) in [4.78, 5) is 44.0. The molecule has 41 heavy (non-hydrogen) atoms. The van der Waals surface area contributed by atoms with Gasteiger partial charge >= 0.3 is 6.03 Å². The lowest BCUT2D eigenvalue weighted by molar-refractivity contribution is -0.116. The first kappa shape index (κ1) is 29.3. The maximum atomic E-state index is 13.0. The molecule has 0 aromatic heterocycles. The molecule has 10 nitrogen and oxygen atoms in total. The van der Waals surface area contributed by atoms with E-state index < -0.39 is 0 Å². The van der Waals surface area contributed by atoms with Crippen molar-refractivity contribution >= 4 is 34.9 Å². The zero-order chi connectivity index (χ0) is 29.2. The molecule has 1 aliphatic heterocycles. The molecule has 1 saturated heterocycles. The highest BCUT2D eigenvalue weighted by molar-refractivity contribution is 5.99. The van der Waals surface area contributed by atoms with E-state index in [1.54, 1.807) is 48.3 Å². The standard InChI is InChI=1S/C31H37N5O5/c1-4-17-36(30(38)23-5-13-27(40-2)14-6-23)22-29(37)32-24-7-11-26(12-8-24)34-18-20-35(21-19-34)31(39)33-25-9-15-28(41-3)16-10-25/h5-16H,4,17-22H2,1-3H3,(H,32,37)(H,33,39). The molecule has 0 saturated carbocycles. The Labute approximate surface area is 240 Å². The van der Waals surface area contributed by atoms with Crippen LogP contribution < -0.4 is 25.0 Å². The molecule has 0 spiro atoms. The molecule has 0 radical (unpaired) electrons. The Kier molecular flexibility index (Phi) is 10.0. The average Bonchev–Trinajstić information content (AvgIpc) is 3.01. The molecule has 3 aromatic rings. The topological polar surface area (TPSA) is 103 Å². The van der Waals surface area contributed by atoms with Crippen LogP contribution in [-0.4, -0.2) is 81.1 Å². The third-order valence-corrected chi connectivity index (χ3v) is 6.88. The van der Waals surface area contributed by atoms with Crippen molar-refractivity contribution in [1.29, 1.82) is 0 Å². The Hall–Kier alpha value is -4.73. The SMILES string of the molecule is CCCN(CC(=O)Nc1ccc(N2CCN(C(=O)Nc3ccc(OC)cc3)CC2)cc1)C(=O)c1ccc(OC)cc1. The van der Waals surface area contributed by atoms with E-state index in [0.29, 0.717) is 49.7 Å². The van der Waals surface area contributed by atoms with E-state index in [2.05, 4.69) is 15.5 Å². The van der Waals surface area contributed by atoms with Gasteiger partial charge in [0.05, 0.1) is 14.2 Å². The van der Waals surface area contributed by atoms with Crippen LogP contribution in [0.3, 0.4) is 0 Å². The number of hydrogen-bond acceptors (Lipinski definition) is 6. The van der Waals surface area contributed by atoms with E-state index in [9.17, 15) is 14.4 Å². The summed E-state index contributed by atoms with van der Waals surface area (Å²) in [5.74, 6) is 0.948. The van der Waals surface area contributed by atoms with Crippen LogP contribution in [0.15, 0.2) is 72.8 Å². The molecule has 1 fully saturated rings. The van der Waals surface area contributed by atoms with E-state index in [-0.39, 0.29) is 24.4 Å². The third kappa shape index (κ3) is 7.91. The lowest BCUT2D eigenvalue weighted by Crippen LogP contribution is -2.50. The van der Waals surface area contributed by atoms with Crippen LogP contribution in [-0.2, 0) is 4.79 Å². The summed E-state index contributed by atoms with van der Waals surface area (Å²) in [5, 5.41) is 5.83. The van der Waals surface area contributed by atoms with Crippen molar-refractivity contribution in [3.63, 3.8) is 0 Å². The fourth-order valence-electron chi connectivity index (χ4n) is 4.61. The number of nitrogens with one attached hydrogen (secondary N) is 2. The summed E-state index contributed by atoms with van der Waals surface area (Å²) in [6, 6.07) is 21.6. The second kappa shape index (κ2) is 14.1. The second-order valence-electron chi connectivity index (χ2n) is 9.68. The van der Waals surface area contributed by atoms with Gasteiger partial charge in [-0.2, -0.15) is 0 Å². The van der Waals surface area contributed by atoms with Crippen LogP contribution in [0.5, 0.6) is 11.5 Å². The quantitative estimate of drug-likeness (QED) is 0.378. The average molecular weight is 560 g/mol. The fraction of sp³-hybridized carbons (Fsp3) is 0.323. The molecule has 0 bridgehead atoms. The molecule has 4 rings (SSSR count). The molecule has 4 amide bonds. The zero-order valence-electron chi connectivity index (χ0n) is 23.8. The van der Waals surface area contributed by atoms with Crippen molar-refractivity contribution in [3.05, 3.63) is 78.4 Å². The number of methoxy groups -OCH3 is 2. The first-order valence-electron chi connectivity index (χ1n) is 13.7. The van der Waals surface area contributed by atoms with Crippen LogP contribution in [0.2, 0.25) is 0 Å². The highest BCUT2D eigenvalue weighted by Crippen LogP contribution is 2.21. The Morgan fingerprint density at radius 1 is 0.756 bits per heavy atom. The van der Waals surface area contributed by atoms with E-state index in [0.717, 1.165) is 23.5 Å². The normalized spacial score (nSPS) is 12.9. The number of carbonyl (C=O) groups excluding carboxylic acids is 3. The van der Waals surface area contributed by atoms with Gasteiger partial charge in [0.1, 0.15) is 18.0 Å². The van der Waals surface area contributed by atoms with Gasteiger partial charge in [0.25, 0.3) is 5.91 Å². The summed E-state index contributed by atoms with van der Waals surface area (Å²) < 4.78 is 10.3. The van der Waals surface area contributed by atoms with Gasteiger partial charge in [-0.25, -0.2) is 4.79 Å². The van der Waals surface area contributed by atoms with Crippen molar-refractivity contribution in [2.24, 2.45) is 0 Å². The first-order chi connectivity index (χ1) is 19.9. The number of amides is 4. The van der Waals surface area contributed by atoms with Crippen molar-refractivity contribution in [1.82, 2.24) is 9.80 Å². The smallest absolute Gasteiger partial charge is 0.321 e. The Bertz CT molecular complexity index is 1300. The van der Waals surface area contributed by atoms with Gasteiger partial charge in [0.15, 0.2) is 0 Å². The molecule has 1 heterocycles. The van der Waals surface area contributed by atoms with Crippen LogP contribution in [0.25, 0.3) is 0 Å². The number of nitrogens with zero attached hydrogens (tertiary/aromatic N) is 3. The molecular formula is C31H37N5O5. The fourth-order valence-corrected chi connectivity index (χ4v) is 4.61. The first-order valence-corrected chi connectivity index (χ1v) is 13.7. The molecule has 0 atom stereocenters. The number of carbonyl (C=O) groups is 3. The van der Waals surface area contributed by atoms with Gasteiger partial charge in [-0.1, -0.05) is 6.92 Å². The Morgan fingerprint density at radius 3 is 1.85 bits per heavy atom. The minimum atomic E-state index is -0.260. The van der Waals surface area contributed by atoms with Gasteiger partial charge in [-0.05, 0) is 79.2 Å². The zero-order valence-corrected chi connectivity index (χ0v) is 23.8. The summed E-state index contributed by atoms with van der Waals surface area (Å²) >= 11 is 0. The summed E-state index contributed by atoms with van der Waals surface area (Å²) in [7, 11) is 3.18. The van der Waals surface area contributed by atoms with E-state index >= 15 is 0 Å². The minimum absolute atomic E-state index is 0.0407. The molecule has 1 aliphatic rings. The molecule has 2 N–H and O–H groups in total. The molecule has 10 heteroatoms. The van der Waals surface area contributed by atoms with Crippen molar-refractivity contribution < 1.29 is 23.9 Å². The lowest BCUT2D eigenvalue weighted by atomic mass is 10.2. The highest BCUT2D eigenvalue weighted by atomic mass is 16.5. The van der Waals surface area contributed by atoms with Crippen LogP contribution in [0.1, 0.15) is 23.7 Å². The van der Waals surface area contributed by atoms with Crippen LogP contribution >= 0.6 is 0 Å². The molecule has 0 unspecified atom stereocenters. The highest BCUT2D eigenvalue weighted by Gasteiger charge is 2.22. The van der Waals surface area contributed by atoms with Gasteiger partial charge in [0.2, 0.25) is 5.91 Å². The Balaban J connectivity index is 1.26. The molecule has 3 aromatic carbocycles. The number of piperazine rings is 1. The second-order valence-corrected chi connectivity index (χ2v) is 9.68. The van der Waals surface area contributed by atoms with Gasteiger partial charge in [-0.3, -0.25) is 9.59 Å². The van der Waals surface area contributed by atoms with Crippen LogP contribution in [0, 0.1) is 0 Å². The minimum Gasteiger partial charge on any atom is -0.497 e. The lowest BCUT2D eigenvalue weighted by Gasteiger charge is -2.36. The maximum absolute atomic E-state index is 13.0. The maximum Gasteiger partial charge on any atom is 0.321 e. The number of benzene rings is 3. The summed E-state index contributed by atoms with van der Waals surface area (Å²) in [6.45, 7) is 4.98. The number of anilines is 3. The number of rotatable bonds is 10. The monoisotopic (exact) mass is 559 g/mol. The summed E-state index contributed by atoms with van der Waals surface area (Å²) in [5.41, 5.74) is 2.90. The Morgan fingerprint density at radius 2 is 1.29 bits per heavy atom. The van der Waals surface area contributed by atoms with Crippen molar-refractivity contribution in [3.8, 4) is 11.5 Å². The van der Waals surface area contributed by atoms with E-state index in [1.165, 1.54) is 0 Å². The number of ether oxygens (including phenoxy) is 2. The predicted octanol–water partition coefficient (Wildman–Crippen LogP) is 4.55. The van der Waals surface area contributed by atoms with Crippen molar-refractivity contribution in [2.45, 2.75) is 13.3 Å².